The number of carbonyl (C=O) groups excluding carboxylic acids is 1. The Kier molecular flexibility index (Phi) is 7.28. The van der Waals surface area contributed by atoms with E-state index in [2.05, 4.69) is 5.32 Å². The van der Waals surface area contributed by atoms with Crippen molar-refractivity contribution in [3.05, 3.63) is 48.0 Å². The molecule has 0 spiro atoms. The van der Waals surface area contributed by atoms with Gasteiger partial charge in [-0.3, -0.25) is 9.59 Å². The fourth-order valence-corrected chi connectivity index (χ4v) is 3.91. The summed E-state index contributed by atoms with van der Waals surface area (Å²) in [6.45, 7) is 2.10. The van der Waals surface area contributed by atoms with E-state index in [1.165, 1.54) is 39.0 Å². The summed E-state index contributed by atoms with van der Waals surface area (Å²) < 4.78 is 6.31. The fraction of sp³-hybridized carbons (Fsp3) is 0.417. The van der Waals surface area contributed by atoms with Crippen LogP contribution in [0.4, 0.5) is 5.69 Å². The normalized spacial score (nSPS) is 14.4. The Hall–Kier alpha value is -2.82. The summed E-state index contributed by atoms with van der Waals surface area (Å²) in [5.41, 5.74) is 3.33. The first-order valence-electron chi connectivity index (χ1n) is 10.4. The zero-order chi connectivity index (χ0) is 20.6. The fourth-order valence-electron chi connectivity index (χ4n) is 3.91. The summed E-state index contributed by atoms with van der Waals surface area (Å²) in [7, 11) is 0. The molecule has 3 rings (SSSR count). The smallest absolute Gasteiger partial charge is 0.303 e. The van der Waals surface area contributed by atoms with Crippen LogP contribution < -0.4 is 10.1 Å². The van der Waals surface area contributed by atoms with Crippen LogP contribution in [0.2, 0.25) is 0 Å². The maximum atomic E-state index is 11.8. The van der Waals surface area contributed by atoms with Crippen molar-refractivity contribution in [1.29, 1.82) is 0 Å². The number of rotatable bonds is 8. The molecule has 0 bridgehead atoms. The van der Waals surface area contributed by atoms with Gasteiger partial charge in [0.1, 0.15) is 0 Å². The second-order valence-corrected chi connectivity index (χ2v) is 7.78. The van der Waals surface area contributed by atoms with Crippen LogP contribution in [-0.4, -0.2) is 23.6 Å². The van der Waals surface area contributed by atoms with E-state index in [9.17, 15) is 9.59 Å². The van der Waals surface area contributed by atoms with E-state index in [4.69, 9.17) is 9.84 Å². The number of carboxylic acid groups (broad SMARTS) is 1. The average Bonchev–Trinajstić information content (AvgIpc) is 2.72. The van der Waals surface area contributed by atoms with Crippen LogP contribution in [-0.2, 0) is 16.0 Å². The van der Waals surface area contributed by atoms with Gasteiger partial charge >= 0.3 is 5.97 Å². The third-order valence-corrected chi connectivity index (χ3v) is 5.36. The van der Waals surface area contributed by atoms with Crippen molar-refractivity contribution in [1.82, 2.24) is 0 Å². The number of hydrogen-bond acceptors (Lipinski definition) is 3. The number of benzene rings is 2. The summed E-state index contributed by atoms with van der Waals surface area (Å²) in [4.78, 5) is 22.9. The molecule has 1 fully saturated rings. The molecule has 1 aliphatic rings. The predicted molar refractivity (Wildman–Crippen MR) is 114 cm³/mol. The molecule has 5 nitrogen and oxygen atoms in total. The molecule has 0 aromatic heterocycles. The first-order chi connectivity index (χ1) is 14.0. The number of aliphatic carboxylic acids is 1. The first kappa shape index (κ1) is 20.9. The summed E-state index contributed by atoms with van der Waals surface area (Å²) in [6.07, 6.45) is 6.56. The molecule has 0 atom stereocenters. The molecule has 5 heteroatoms. The number of aryl methyl sites for hydroxylation is 1. The minimum Gasteiger partial charge on any atom is -0.490 e. The lowest BCUT2D eigenvalue weighted by Crippen LogP contribution is -2.17. The number of anilines is 1. The molecular weight excluding hydrogens is 366 g/mol. The van der Waals surface area contributed by atoms with Crippen LogP contribution in [0.15, 0.2) is 42.5 Å². The highest BCUT2D eigenvalue weighted by atomic mass is 16.5. The molecule has 0 unspecified atom stereocenters. The molecule has 0 saturated heterocycles. The lowest BCUT2D eigenvalue weighted by Gasteiger charge is -2.24. The highest BCUT2D eigenvalue weighted by Gasteiger charge is 2.19. The Morgan fingerprint density at radius 3 is 2.48 bits per heavy atom. The van der Waals surface area contributed by atoms with Gasteiger partial charge in [0.05, 0.1) is 12.3 Å². The lowest BCUT2D eigenvalue weighted by molar-refractivity contribution is -0.137. The van der Waals surface area contributed by atoms with Crippen LogP contribution in [0.5, 0.6) is 5.75 Å². The number of hydrogen-bond donors (Lipinski definition) is 2. The molecule has 2 aromatic rings. The van der Waals surface area contributed by atoms with Crippen LogP contribution in [0.1, 0.15) is 51.0 Å². The topological polar surface area (TPSA) is 75.6 Å². The van der Waals surface area contributed by atoms with Gasteiger partial charge in [-0.05, 0) is 48.4 Å². The van der Waals surface area contributed by atoms with Gasteiger partial charge in [-0.15, -0.1) is 0 Å². The van der Waals surface area contributed by atoms with Crippen molar-refractivity contribution in [2.45, 2.75) is 51.9 Å². The van der Waals surface area contributed by atoms with E-state index in [-0.39, 0.29) is 12.3 Å². The Balaban J connectivity index is 1.98. The molecule has 2 aromatic carbocycles. The van der Waals surface area contributed by atoms with E-state index in [0.717, 1.165) is 16.7 Å². The summed E-state index contributed by atoms with van der Waals surface area (Å²) >= 11 is 0. The Morgan fingerprint density at radius 2 is 1.83 bits per heavy atom. The number of ether oxygens (including phenoxy) is 1. The first-order valence-corrected chi connectivity index (χ1v) is 10.4. The molecule has 0 heterocycles. The van der Waals surface area contributed by atoms with Gasteiger partial charge in [-0.2, -0.15) is 0 Å². The number of carboxylic acids is 1. The maximum absolute atomic E-state index is 11.8. The van der Waals surface area contributed by atoms with E-state index in [0.29, 0.717) is 30.4 Å². The zero-order valence-electron chi connectivity index (χ0n) is 16.9. The molecule has 29 heavy (non-hydrogen) atoms. The van der Waals surface area contributed by atoms with Crippen LogP contribution in [0.3, 0.4) is 0 Å². The van der Waals surface area contributed by atoms with Gasteiger partial charge in [-0.1, -0.05) is 49.6 Å². The summed E-state index contributed by atoms with van der Waals surface area (Å²) in [5, 5.41) is 12.0. The van der Waals surface area contributed by atoms with E-state index >= 15 is 0 Å². The number of nitrogens with one attached hydrogen (secondary N) is 1. The van der Waals surface area contributed by atoms with Crippen molar-refractivity contribution in [3.63, 3.8) is 0 Å². The molecule has 2 N–H and O–H groups in total. The maximum Gasteiger partial charge on any atom is 0.303 e. The van der Waals surface area contributed by atoms with Crippen molar-refractivity contribution < 1.29 is 19.4 Å². The lowest BCUT2D eigenvalue weighted by atomic mass is 9.90. The van der Waals surface area contributed by atoms with Crippen LogP contribution in [0, 0.1) is 5.92 Å². The number of amides is 1. The molecule has 0 radical (unpaired) electrons. The highest BCUT2D eigenvalue weighted by molar-refractivity contribution is 5.93. The van der Waals surface area contributed by atoms with Gasteiger partial charge in [0.15, 0.2) is 5.75 Å². The standard InChI is InChI=1S/C24H29NO4/c1-17(26)25-22-15-19(12-13-23(27)28)14-21(20-10-6-3-7-11-20)24(22)29-16-18-8-4-2-5-9-18/h3,6-7,10-11,14-15,18H,2,4-5,8-9,12-13,16H2,1H3,(H,25,26)(H,27,28). The van der Waals surface area contributed by atoms with Gasteiger partial charge in [-0.25, -0.2) is 0 Å². The summed E-state index contributed by atoms with van der Waals surface area (Å²) in [6, 6.07) is 13.7. The van der Waals surface area contributed by atoms with Crippen LogP contribution in [0.25, 0.3) is 11.1 Å². The van der Waals surface area contributed by atoms with Crippen molar-refractivity contribution >= 4 is 17.6 Å². The van der Waals surface area contributed by atoms with E-state index in [1.807, 2.05) is 42.5 Å². The zero-order valence-corrected chi connectivity index (χ0v) is 16.9. The predicted octanol–water partition coefficient (Wildman–Crippen LogP) is 5.29. The largest absolute Gasteiger partial charge is 0.490 e. The van der Waals surface area contributed by atoms with Gasteiger partial charge < -0.3 is 15.2 Å². The van der Waals surface area contributed by atoms with Crippen molar-refractivity contribution in [2.24, 2.45) is 5.92 Å². The van der Waals surface area contributed by atoms with E-state index < -0.39 is 5.97 Å². The molecule has 154 valence electrons. The molecule has 0 aliphatic heterocycles. The second kappa shape index (κ2) is 10.1. The Morgan fingerprint density at radius 1 is 1.10 bits per heavy atom. The third kappa shape index (κ3) is 6.08. The van der Waals surface area contributed by atoms with Crippen molar-refractivity contribution in [2.75, 3.05) is 11.9 Å². The van der Waals surface area contributed by atoms with Gasteiger partial charge in [0.25, 0.3) is 0 Å². The van der Waals surface area contributed by atoms with Gasteiger partial charge in [0, 0.05) is 18.9 Å². The van der Waals surface area contributed by atoms with Gasteiger partial charge in [0.2, 0.25) is 5.91 Å². The Labute approximate surface area is 172 Å². The van der Waals surface area contributed by atoms with E-state index in [1.54, 1.807) is 0 Å². The average molecular weight is 395 g/mol. The SMILES string of the molecule is CC(=O)Nc1cc(CCC(=O)O)cc(-c2ccccc2)c1OCC1CCCCC1. The quantitative estimate of drug-likeness (QED) is 0.637. The molecule has 1 amide bonds. The summed E-state index contributed by atoms with van der Waals surface area (Å²) in [5.74, 6) is 0.173. The minimum atomic E-state index is -0.843. The molecule has 1 saturated carbocycles. The van der Waals surface area contributed by atoms with Crippen LogP contribution >= 0.6 is 0 Å². The second-order valence-electron chi connectivity index (χ2n) is 7.78. The highest BCUT2D eigenvalue weighted by Crippen LogP contribution is 2.39. The Bertz CT molecular complexity index is 841. The third-order valence-electron chi connectivity index (χ3n) is 5.36. The molecule has 1 aliphatic carbocycles. The monoisotopic (exact) mass is 395 g/mol. The number of carbonyl (C=O) groups is 2. The minimum absolute atomic E-state index is 0.0377. The van der Waals surface area contributed by atoms with Crippen molar-refractivity contribution in [3.8, 4) is 16.9 Å². The molecular formula is C24H29NO4.